The molecule has 0 atom stereocenters. The molecule has 3 aromatic carbocycles. The van der Waals surface area contributed by atoms with E-state index in [-0.39, 0.29) is 22.7 Å². The molecule has 1 amide bonds. The number of methoxy groups -OCH3 is 1. The number of pyridine rings is 1. The molecule has 10 nitrogen and oxygen atoms in total. The number of aromatic nitrogens is 3. The van der Waals surface area contributed by atoms with E-state index < -0.39 is 21.7 Å². The Bertz CT molecular complexity index is 2210. The van der Waals surface area contributed by atoms with Crippen molar-refractivity contribution >= 4 is 43.8 Å². The van der Waals surface area contributed by atoms with E-state index in [0.717, 1.165) is 11.1 Å². The Morgan fingerprint density at radius 2 is 1.80 bits per heavy atom. The fraction of sp³-hybridized carbons (Fsp3) is 0.182. The predicted molar refractivity (Wildman–Crippen MR) is 172 cm³/mol. The molecule has 3 aromatic heterocycles. The fourth-order valence-electron chi connectivity index (χ4n) is 5.30. The molecular formula is C33H30FN5O5S. The number of halogens is 1. The summed E-state index contributed by atoms with van der Waals surface area (Å²) in [7, 11) is 0.801. The first-order valence-corrected chi connectivity index (χ1v) is 15.7. The fourth-order valence-corrected chi connectivity index (χ4v) is 6.14. The third-order valence-electron chi connectivity index (χ3n) is 7.82. The van der Waals surface area contributed by atoms with Gasteiger partial charge in [0.2, 0.25) is 10.0 Å². The Kier molecular flexibility index (Phi) is 7.53. The summed E-state index contributed by atoms with van der Waals surface area (Å²) < 4.78 is 53.2. The molecule has 0 aliphatic rings. The first kappa shape index (κ1) is 29.8. The SMILES string of the molecule is CCS(=O)(=O)N(C)c1cc2oc(-c3ccc(F)cc3)c(C(=O)NC)c2cc1-c1cc(OC)cc(-c2nc3nccc(C)c3[nH]2)c1. The lowest BCUT2D eigenvalue weighted by molar-refractivity contribution is 0.0964. The largest absolute Gasteiger partial charge is 0.497 e. The van der Waals surface area contributed by atoms with Crippen LogP contribution in [0.3, 0.4) is 0 Å². The Balaban J connectivity index is 1.65. The normalized spacial score (nSPS) is 11.7. The molecule has 0 spiro atoms. The average molecular weight is 628 g/mol. The van der Waals surface area contributed by atoms with Crippen molar-refractivity contribution in [3.8, 4) is 39.6 Å². The van der Waals surface area contributed by atoms with Crippen molar-refractivity contribution in [2.45, 2.75) is 13.8 Å². The number of nitrogens with one attached hydrogen (secondary N) is 2. The van der Waals surface area contributed by atoms with E-state index in [0.29, 0.717) is 50.5 Å². The molecular weight excluding hydrogens is 597 g/mol. The summed E-state index contributed by atoms with van der Waals surface area (Å²) >= 11 is 0. The number of furan rings is 1. The number of nitrogens with zero attached hydrogens (tertiary/aromatic N) is 3. The number of imidazole rings is 1. The maximum absolute atomic E-state index is 13.8. The van der Waals surface area contributed by atoms with Crippen LogP contribution in [0.1, 0.15) is 22.8 Å². The van der Waals surface area contributed by atoms with E-state index in [1.54, 1.807) is 38.4 Å². The predicted octanol–water partition coefficient (Wildman–Crippen LogP) is 6.31. The van der Waals surface area contributed by atoms with E-state index >= 15 is 0 Å². The third-order valence-corrected chi connectivity index (χ3v) is 9.58. The highest BCUT2D eigenvalue weighted by atomic mass is 32.2. The number of aromatic amines is 1. The van der Waals surface area contributed by atoms with Crippen LogP contribution < -0.4 is 14.4 Å². The number of ether oxygens (including phenoxy) is 1. The number of fused-ring (bicyclic) bond motifs is 2. The van der Waals surface area contributed by atoms with E-state index in [1.807, 2.05) is 25.1 Å². The van der Waals surface area contributed by atoms with Crippen LogP contribution in [0.2, 0.25) is 0 Å². The van der Waals surface area contributed by atoms with Crippen LogP contribution in [0.5, 0.6) is 5.75 Å². The third kappa shape index (κ3) is 5.27. The second-order valence-electron chi connectivity index (χ2n) is 10.5. The topological polar surface area (TPSA) is 130 Å². The zero-order valence-electron chi connectivity index (χ0n) is 25.2. The van der Waals surface area contributed by atoms with Crippen molar-refractivity contribution < 1.29 is 26.8 Å². The molecule has 0 bridgehead atoms. The van der Waals surface area contributed by atoms with Crippen molar-refractivity contribution in [2.24, 2.45) is 0 Å². The van der Waals surface area contributed by atoms with E-state index in [2.05, 4.69) is 20.3 Å². The van der Waals surface area contributed by atoms with Gasteiger partial charge in [0.25, 0.3) is 5.91 Å². The number of H-pyrrole nitrogens is 1. The molecule has 0 aliphatic heterocycles. The summed E-state index contributed by atoms with van der Waals surface area (Å²) in [6.45, 7) is 3.53. The van der Waals surface area contributed by atoms with Gasteiger partial charge in [-0.15, -0.1) is 0 Å². The van der Waals surface area contributed by atoms with Gasteiger partial charge in [0.1, 0.15) is 28.7 Å². The minimum Gasteiger partial charge on any atom is -0.497 e. The van der Waals surface area contributed by atoms with Gasteiger partial charge >= 0.3 is 0 Å². The highest BCUT2D eigenvalue weighted by Crippen LogP contribution is 2.43. The molecule has 6 rings (SSSR count). The molecule has 0 unspecified atom stereocenters. The van der Waals surface area contributed by atoms with Crippen LogP contribution in [0, 0.1) is 12.7 Å². The molecule has 230 valence electrons. The van der Waals surface area contributed by atoms with Gasteiger partial charge in [-0.25, -0.2) is 22.8 Å². The molecule has 0 aliphatic carbocycles. The van der Waals surface area contributed by atoms with E-state index in [4.69, 9.17) is 9.15 Å². The van der Waals surface area contributed by atoms with E-state index in [9.17, 15) is 17.6 Å². The number of rotatable bonds is 8. The Hall–Kier alpha value is -5.23. The number of aryl methyl sites for hydroxylation is 1. The molecule has 2 N–H and O–H groups in total. The smallest absolute Gasteiger partial charge is 0.255 e. The molecule has 6 aromatic rings. The second kappa shape index (κ2) is 11.4. The van der Waals surface area contributed by atoms with Crippen molar-refractivity contribution in [3.05, 3.63) is 83.8 Å². The molecule has 12 heteroatoms. The molecule has 45 heavy (non-hydrogen) atoms. The van der Waals surface area contributed by atoms with Crippen LogP contribution in [0.15, 0.2) is 71.3 Å². The number of hydrogen-bond donors (Lipinski definition) is 2. The van der Waals surface area contributed by atoms with E-state index in [1.165, 1.54) is 42.7 Å². The number of amides is 1. The van der Waals surface area contributed by atoms with Crippen molar-refractivity contribution in [1.29, 1.82) is 0 Å². The van der Waals surface area contributed by atoms with Gasteiger partial charge in [-0.05, 0) is 79.6 Å². The molecule has 0 saturated carbocycles. The standard InChI is InChI=1S/C33H30FN5O5S/c1-6-45(41,42)39(4)26-17-27-25(28(33(40)35-3)30(44-27)19-7-9-22(34)10-8-19)16-24(26)20-13-21(15-23(14-20)43-5)31-37-29-18(2)11-12-36-32(29)38-31/h7-17H,6H2,1-5H3,(H,35,40)(H,36,37,38). The van der Waals surface area contributed by atoms with Gasteiger partial charge < -0.3 is 19.5 Å². The van der Waals surface area contributed by atoms with Crippen molar-refractivity contribution in [1.82, 2.24) is 20.3 Å². The lowest BCUT2D eigenvalue weighted by Gasteiger charge is -2.22. The Morgan fingerprint density at radius 1 is 1.07 bits per heavy atom. The van der Waals surface area contributed by atoms with Gasteiger partial charge in [-0.2, -0.15) is 0 Å². The first-order chi connectivity index (χ1) is 21.5. The summed E-state index contributed by atoms with van der Waals surface area (Å²) in [5.41, 5.74) is 5.47. The number of benzene rings is 3. The number of hydrogen-bond acceptors (Lipinski definition) is 7. The summed E-state index contributed by atoms with van der Waals surface area (Å²) in [4.78, 5) is 25.7. The lowest BCUT2D eigenvalue weighted by Crippen LogP contribution is -2.28. The monoisotopic (exact) mass is 627 g/mol. The molecule has 3 heterocycles. The van der Waals surface area contributed by atoms with Gasteiger partial charge in [0, 0.05) is 48.4 Å². The maximum atomic E-state index is 13.8. The summed E-state index contributed by atoms with van der Waals surface area (Å²) in [5.74, 6) is 0.291. The van der Waals surface area contributed by atoms with Crippen LogP contribution in [-0.2, 0) is 10.0 Å². The summed E-state index contributed by atoms with van der Waals surface area (Å²) in [5, 5.41) is 3.11. The molecule has 0 saturated heterocycles. The van der Waals surface area contributed by atoms with Gasteiger partial charge in [-0.1, -0.05) is 0 Å². The van der Waals surface area contributed by atoms with Crippen LogP contribution >= 0.6 is 0 Å². The van der Waals surface area contributed by atoms with Crippen LogP contribution in [-0.4, -0.2) is 56.2 Å². The van der Waals surface area contributed by atoms with Crippen LogP contribution in [0.4, 0.5) is 10.1 Å². The first-order valence-electron chi connectivity index (χ1n) is 14.1. The summed E-state index contributed by atoms with van der Waals surface area (Å²) in [6.07, 6.45) is 1.69. The van der Waals surface area contributed by atoms with Crippen molar-refractivity contribution in [2.75, 3.05) is 31.3 Å². The summed E-state index contributed by atoms with van der Waals surface area (Å²) in [6, 6.07) is 16.3. The van der Waals surface area contributed by atoms with Crippen molar-refractivity contribution in [3.63, 3.8) is 0 Å². The van der Waals surface area contributed by atoms with Gasteiger partial charge in [-0.3, -0.25) is 9.10 Å². The highest BCUT2D eigenvalue weighted by molar-refractivity contribution is 7.92. The number of sulfonamides is 1. The average Bonchev–Trinajstić information content (AvgIpc) is 3.66. The Labute approximate surface area is 258 Å². The number of carbonyl (C=O) groups is 1. The molecule has 0 radical (unpaired) electrons. The maximum Gasteiger partial charge on any atom is 0.255 e. The zero-order chi connectivity index (χ0) is 32.0. The Morgan fingerprint density at radius 3 is 2.47 bits per heavy atom. The lowest BCUT2D eigenvalue weighted by atomic mass is 9.97. The second-order valence-corrected chi connectivity index (χ2v) is 12.8. The molecule has 0 fully saturated rings. The van der Waals surface area contributed by atoms with Crippen LogP contribution in [0.25, 0.3) is 56.0 Å². The number of anilines is 1. The quantitative estimate of drug-likeness (QED) is 0.202. The highest BCUT2D eigenvalue weighted by Gasteiger charge is 2.27. The minimum absolute atomic E-state index is 0.141. The zero-order valence-corrected chi connectivity index (χ0v) is 26.0. The van der Waals surface area contributed by atoms with Gasteiger partial charge in [0.15, 0.2) is 5.65 Å². The number of carbonyl (C=O) groups excluding carboxylic acids is 1. The minimum atomic E-state index is -3.72. The van der Waals surface area contributed by atoms with Gasteiger partial charge in [0.05, 0.1) is 29.6 Å².